The number of primary amides is 1. The minimum absolute atomic E-state index is 0.0775. The molecule has 3 saturated heterocycles. The Balaban J connectivity index is 1.34. The summed E-state index contributed by atoms with van der Waals surface area (Å²) in [5.74, 6) is -0.966. The Hall–Kier alpha value is -2.29. The van der Waals surface area contributed by atoms with Crippen LogP contribution in [0.4, 0.5) is 0 Å². The number of carbonyl (C=O) groups is 3. The number of aliphatic hydroxyl groups is 1. The number of piperidine rings is 1. The standard InChI is InChI=1S/C28H37N3O5/c29-27(34)20-8-5-18(16-9-11-30(12-10-16)19-6-7-19)13-21(20)24(17-3-1-2-4-17)28(35)31-14-22(32)26-25(31)23(33)15-36-26/h5,8,13,16-17,19,22,24-26,32H,1-4,6-7,9-12,14-15H2,(H2,29,34)/t22-,24+,25-,26-/m1/s1. The molecule has 194 valence electrons. The summed E-state index contributed by atoms with van der Waals surface area (Å²) in [6.45, 7) is 2.17. The minimum atomic E-state index is -0.881. The Kier molecular flexibility index (Phi) is 6.38. The van der Waals surface area contributed by atoms with Crippen LogP contribution in [0.15, 0.2) is 18.2 Å². The number of nitrogens with two attached hydrogens (primary N) is 1. The summed E-state index contributed by atoms with van der Waals surface area (Å²) < 4.78 is 5.51. The van der Waals surface area contributed by atoms with Crippen molar-refractivity contribution in [3.63, 3.8) is 0 Å². The van der Waals surface area contributed by atoms with Crippen LogP contribution in [0.3, 0.4) is 0 Å². The summed E-state index contributed by atoms with van der Waals surface area (Å²) in [5, 5.41) is 10.5. The van der Waals surface area contributed by atoms with Crippen LogP contribution >= 0.6 is 0 Å². The molecule has 36 heavy (non-hydrogen) atoms. The first-order valence-electron chi connectivity index (χ1n) is 13.7. The molecule has 3 aliphatic heterocycles. The second-order valence-corrected chi connectivity index (χ2v) is 11.5. The molecule has 2 saturated carbocycles. The number of aliphatic hydroxyl groups excluding tert-OH is 1. The Morgan fingerprint density at radius 2 is 1.78 bits per heavy atom. The van der Waals surface area contributed by atoms with Crippen LogP contribution in [0.25, 0.3) is 0 Å². The van der Waals surface area contributed by atoms with Crippen molar-refractivity contribution in [3.05, 3.63) is 34.9 Å². The highest BCUT2D eigenvalue weighted by Gasteiger charge is 2.53. The number of rotatable bonds is 6. The molecule has 8 nitrogen and oxygen atoms in total. The third-order valence-corrected chi connectivity index (χ3v) is 9.32. The predicted octanol–water partition coefficient (Wildman–Crippen LogP) is 1.94. The van der Waals surface area contributed by atoms with Crippen molar-refractivity contribution >= 4 is 17.6 Å². The molecule has 0 bridgehead atoms. The van der Waals surface area contributed by atoms with E-state index in [2.05, 4.69) is 11.0 Å². The van der Waals surface area contributed by atoms with Crippen molar-refractivity contribution in [2.24, 2.45) is 11.7 Å². The van der Waals surface area contributed by atoms with Gasteiger partial charge in [0.1, 0.15) is 24.9 Å². The van der Waals surface area contributed by atoms with Gasteiger partial charge in [0.25, 0.3) is 0 Å². The maximum absolute atomic E-state index is 14.2. The summed E-state index contributed by atoms with van der Waals surface area (Å²) in [6, 6.07) is 5.91. The summed E-state index contributed by atoms with van der Waals surface area (Å²) >= 11 is 0. The average molecular weight is 496 g/mol. The molecule has 0 spiro atoms. The number of amides is 2. The van der Waals surface area contributed by atoms with Gasteiger partial charge in [-0.15, -0.1) is 0 Å². The SMILES string of the molecule is NC(=O)c1ccc(C2CCN(C3CC3)CC2)cc1[C@@H](C(=O)N1C[C@@H](O)[C@H]2OCC(=O)[C@H]21)C1CCCC1. The second-order valence-electron chi connectivity index (χ2n) is 11.5. The van der Waals surface area contributed by atoms with Gasteiger partial charge in [0.05, 0.1) is 12.5 Å². The van der Waals surface area contributed by atoms with Gasteiger partial charge in [-0.3, -0.25) is 14.4 Å². The van der Waals surface area contributed by atoms with Gasteiger partial charge < -0.3 is 25.4 Å². The van der Waals surface area contributed by atoms with E-state index in [4.69, 9.17) is 10.5 Å². The van der Waals surface area contributed by atoms with Crippen molar-refractivity contribution in [2.75, 3.05) is 26.2 Å². The quantitative estimate of drug-likeness (QED) is 0.624. The summed E-state index contributed by atoms with van der Waals surface area (Å²) in [6.07, 6.45) is 7.09. The molecule has 0 radical (unpaired) electrons. The van der Waals surface area contributed by atoms with E-state index in [1.54, 1.807) is 6.07 Å². The average Bonchev–Trinajstić information content (AvgIpc) is 3.28. The number of ketones is 1. The van der Waals surface area contributed by atoms with Crippen molar-refractivity contribution < 1.29 is 24.2 Å². The van der Waals surface area contributed by atoms with E-state index in [0.717, 1.165) is 57.7 Å². The summed E-state index contributed by atoms with van der Waals surface area (Å²) in [7, 11) is 0. The van der Waals surface area contributed by atoms with Crippen LogP contribution in [0, 0.1) is 5.92 Å². The molecule has 5 aliphatic rings. The largest absolute Gasteiger partial charge is 0.388 e. The fourth-order valence-electron chi connectivity index (χ4n) is 7.27. The molecular formula is C28H37N3O5. The number of hydrogen-bond acceptors (Lipinski definition) is 6. The highest BCUT2D eigenvalue weighted by Crippen LogP contribution is 2.43. The molecule has 3 heterocycles. The molecule has 5 fully saturated rings. The fourth-order valence-corrected chi connectivity index (χ4v) is 7.27. The van der Waals surface area contributed by atoms with Crippen molar-refractivity contribution in [1.82, 2.24) is 9.80 Å². The van der Waals surface area contributed by atoms with Crippen LogP contribution in [0.1, 0.15) is 84.7 Å². The van der Waals surface area contributed by atoms with Crippen LogP contribution < -0.4 is 5.73 Å². The molecule has 6 rings (SSSR count). The van der Waals surface area contributed by atoms with Crippen molar-refractivity contribution in [3.8, 4) is 0 Å². The summed E-state index contributed by atoms with van der Waals surface area (Å²) in [4.78, 5) is 43.5. The Bertz CT molecular complexity index is 1040. The molecule has 2 amide bonds. The van der Waals surface area contributed by atoms with Crippen LogP contribution in [-0.2, 0) is 14.3 Å². The molecule has 0 unspecified atom stereocenters. The van der Waals surface area contributed by atoms with E-state index >= 15 is 0 Å². The number of fused-ring (bicyclic) bond motifs is 1. The molecule has 1 aromatic rings. The van der Waals surface area contributed by atoms with E-state index in [-0.39, 0.29) is 30.8 Å². The van der Waals surface area contributed by atoms with Crippen molar-refractivity contribution in [1.29, 1.82) is 0 Å². The first-order chi connectivity index (χ1) is 17.4. The van der Waals surface area contributed by atoms with Gasteiger partial charge in [-0.2, -0.15) is 0 Å². The molecule has 8 heteroatoms. The van der Waals surface area contributed by atoms with Crippen LogP contribution in [-0.4, -0.2) is 83.0 Å². The molecule has 1 aromatic carbocycles. The first-order valence-corrected chi connectivity index (χ1v) is 13.7. The molecule has 4 atom stereocenters. The second kappa shape index (κ2) is 9.54. The number of nitrogens with zero attached hydrogens (tertiary/aromatic N) is 2. The lowest BCUT2D eigenvalue weighted by Crippen LogP contribution is -2.45. The van der Waals surface area contributed by atoms with Gasteiger partial charge in [0, 0.05) is 11.6 Å². The number of benzene rings is 1. The maximum atomic E-state index is 14.2. The van der Waals surface area contributed by atoms with Gasteiger partial charge in [-0.1, -0.05) is 25.0 Å². The van der Waals surface area contributed by atoms with Gasteiger partial charge in [0.15, 0.2) is 5.78 Å². The lowest BCUT2D eigenvalue weighted by atomic mass is 9.78. The Labute approximate surface area is 212 Å². The fraction of sp³-hybridized carbons (Fsp3) is 0.679. The highest BCUT2D eigenvalue weighted by atomic mass is 16.5. The zero-order chi connectivity index (χ0) is 25.0. The highest BCUT2D eigenvalue weighted by molar-refractivity contribution is 5.99. The Morgan fingerprint density at radius 3 is 2.44 bits per heavy atom. The maximum Gasteiger partial charge on any atom is 0.249 e. The van der Waals surface area contributed by atoms with Gasteiger partial charge in [0.2, 0.25) is 11.8 Å². The number of hydrogen-bond donors (Lipinski definition) is 2. The smallest absolute Gasteiger partial charge is 0.249 e. The lowest BCUT2D eigenvalue weighted by molar-refractivity contribution is -0.139. The third-order valence-electron chi connectivity index (χ3n) is 9.32. The Morgan fingerprint density at radius 1 is 1.06 bits per heavy atom. The van der Waals surface area contributed by atoms with E-state index in [1.165, 1.54) is 23.3 Å². The molecular weight excluding hydrogens is 458 g/mol. The monoisotopic (exact) mass is 495 g/mol. The normalized spacial score (nSPS) is 30.6. The van der Waals surface area contributed by atoms with E-state index in [1.807, 2.05) is 6.07 Å². The van der Waals surface area contributed by atoms with Crippen LogP contribution in [0.2, 0.25) is 0 Å². The number of likely N-dealkylation sites (tertiary alicyclic amines) is 2. The predicted molar refractivity (Wildman–Crippen MR) is 132 cm³/mol. The third kappa shape index (κ3) is 4.27. The number of ether oxygens (including phenoxy) is 1. The van der Waals surface area contributed by atoms with Crippen LogP contribution in [0.5, 0.6) is 0 Å². The number of β-amino-alcohol motifs (C(OH)–C–C–N with tert-alkyl or cyclic N) is 1. The van der Waals surface area contributed by atoms with Gasteiger partial charge in [-0.25, -0.2) is 0 Å². The molecule has 0 aromatic heterocycles. The summed E-state index contributed by atoms with van der Waals surface area (Å²) in [5.41, 5.74) is 8.10. The molecule has 3 N–H and O–H groups in total. The van der Waals surface area contributed by atoms with E-state index in [0.29, 0.717) is 17.0 Å². The van der Waals surface area contributed by atoms with E-state index < -0.39 is 30.1 Å². The first kappa shape index (κ1) is 24.1. The topological polar surface area (TPSA) is 113 Å². The molecule has 2 aliphatic carbocycles. The number of carbonyl (C=O) groups excluding carboxylic acids is 3. The number of Topliss-reactive ketones (excluding diaryl/α,β-unsaturated/α-hetero) is 1. The van der Waals surface area contributed by atoms with E-state index in [9.17, 15) is 19.5 Å². The van der Waals surface area contributed by atoms with Gasteiger partial charge >= 0.3 is 0 Å². The minimum Gasteiger partial charge on any atom is -0.388 e. The zero-order valence-electron chi connectivity index (χ0n) is 20.8. The lowest BCUT2D eigenvalue weighted by Gasteiger charge is -2.34. The van der Waals surface area contributed by atoms with Crippen molar-refractivity contribution in [2.45, 2.75) is 87.5 Å². The van der Waals surface area contributed by atoms with Gasteiger partial charge in [-0.05, 0) is 80.6 Å². The zero-order valence-corrected chi connectivity index (χ0v) is 20.8.